The van der Waals surface area contributed by atoms with Gasteiger partial charge in [0.2, 0.25) is 0 Å². The number of ether oxygens (including phenoxy) is 1. The van der Waals surface area contributed by atoms with Gasteiger partial charge in [0.05, 0.1) is 7.11 Å². The van der Waals surface area contributed by atoms with Crippen LogP contribution >= 0.6 is 27.3 Å². The number of aryl methyl sites for hydroxylation is 1. The molecule has 0 saturated heterocycles. The van der Waals surface area contributed by atoms with E-state index in [1.54, 1.807) is 24.3 Å². The van der Waals surface area contributed by atoms with Gasteiger partial charge in [-0.15, -0.1) is 11.3 Å². The van der Waals surface area contributed by atoms with E-state index < -0.39 is 5.97 Å². The number of halogens is 1. The molecule has 3 rings (SSSR count). The summed E-state index contributed by atoms with van der Waals surface area (Å²) in [5.74, 6) is -0.747. The van der Waals surface area contributed by atoms with E-state index in [0.29, 0.717) is 16.1 Å². The summed E-state index contributed by atoms with van der Waals surface area (Å²) in [7, 11) is 1.34. The molecule has 2 aromatic carbocycles. The first kappa shape index (κ1) is 18.4. The smallest absolute Gasteiger partial charge is 0.341 e. The minimum absolute atomic E-state index is 0.275. The standard InChI is InChI=1S/C20H16BrNO3S/c1-12-16(13-6-4-3-5-7-13)17(20(24)25-2)19(26-12)22-18(23)14-8-10-15(21)11-9-14/h3-11H,1-2H3,(H,22,23). The average Bonchev–Trinajstić information content (AvgIpc) is 2.98. The molecule has 1 amide bonds. The zero-order chi connectivity index (χ0) is 18.7. The normalized spacial score (nSPS) is 10.4. The monoisotopic (exact) mass is 429 g/mol. The molecule has 0 atom stereocenters. The van der Waals surface area contributed by atoms with Crippen molar-refractivity contribution in [2.24, 2.45) is 0 Å². The van der Waals surface area contributed by atoms with Crippen molar-refractivity contribution in [3.8, 4) is 11.1 Å². The number of esters is 1. The van der Waals surface area contributed by atoms with Crippen LogP contribution in [0.2, 0.25) is 0 Å². The highest BCUT2D eigenvalue weighted by atomic mass is 79.9. The van der Waals surface area contributed by atoms with E-state index in [9.17, 15) is 9.59 Å². The zero-order valence-corrected chi connectivity index (χ0v) is 16.6. The quantitative estimate of drug-likeness (QED) is 0.555. The molecule has 4 nitrogen and oxygen atoms in total. The molecule has 0 unspecified atom stereocenters. The van der Waals surface area contributed by atoms with Crippen LogP contribution in [0.15, 0.2) is 59.1 Å². The second kappa shape index (κ2) is 7.85. The summed E-state index contributed by atoms with van der Waals surface area (Å²) in [5.41, 5.74) is 2.59. The van der Waals surface area contributed by atoms with Gasteiger partial charge in [0.1, 0.15) is 10.6 Å². The van der Waals surface area contributed by atoms with Crippen molar-refractivity contribution in [1.29, 1.82) is 0 Å². The molecular weight excluding hydrogens is 414 g/mol. The summed E-state index contributed by atoms with van der Waals surface area (Å²) in [6.45, 7) is 1.93. The van der Waals surface area contributed by atoms with Crippen LogP contribution in [-0.4, -0.2) is 19.0 Å². The molecule has 0 aliphatic carbocycles. The van der Waals surface area contributed by atoms with Gasteiger partial charge < -0.3 is 10.1 Å². The van der Waals surface area contributed by atoms with E-state index in [1.807, 2.05) is 37.3 Å². The van der Waals surface area contributed by atoms with Crippen molar-refractivity contribution in [3.05, 3.63) is 75.1 Å². The average molecular weight is 430 g/mol. The first-order valence-corrected chi connectivity index (χ1v) is 9.46. The van der Waals surface area contributed by atoms with Crippen LogP contribution in [-0.2, 0) is 4.74 Å². The highest BCUT2D eigenvalue weighted by Crippen LogP contribution is 2.40. The lowest BCUT2D eigenvalue weighted by molar-refractivity contribution is 0.0603. The maximum Gasteiger partial charge on any atom is 0.341 e. The maximum atomic E-state index is 12.6. The van der Waals surface area contributed by atoms with Crippen molar-refractivity contribution in [3.63, 3.8) is 0 Å². The molecule has 6 heteroatoms. The number of amides is 1. The van der Waals surface area contributed by atoms with Gasteiger partial charge in [-0.2, -0.15) is 0 Å². The van der Waals surface area contributed by atoms with Gasteiger partial charge in [-0.25, -0.2) is 4.79 Å². The van der Waals surface area contributed by atoms with Crippen LogP contribution in [0.1, 0.15) is 25.6 Å². The first-order valence-electron chi connectivity index (χ1n) is 7.85. The highest BCUT2D eigenvalue weighted by Gasteiger charge is 2.25. The molecule has 26 heavy (non-hydrogen) atoms. The number of carbonyl (C=O) groups excluding carboxylic acids is 2. The number of hydrogen-bond donors (Lipinski definition) is 1. The molecular formula is C20H16BrNO3S. The summed E-state index contributed by atoms with van der Waals surface area (Å²) in [5, 5.41) is 3.34. The summed E-state index contributed by atoms with van der Waals surface area (Å²) < 4.78 is 5.86. The molecule has 0 bridgehead atoms. The van der Waals surface area contributed by atoms with E-state index in [2.05, 4.69) is 21.2 Å². The zero-order valence-electron chi connectivity index (χ0n) is 14.2. The third kappa shape index (κ3) is 3.71. The van der Waals surface area contributed by atoms with Gasteiger partial charge in [0.15, 0.2) is 0 Å². The van der Waals surface area contributed by atoms with E-state index in [1.165, 1.54) is 18.4 Å². The van der Waals surface area contributed by atoms with E-state index in [4.69, 9.17) is 4.74 Å². The maximum absolute atomic E-state index is 12.6. The Bertz CT molecular complexity index is 949. The second-order valence-electron chi connectivity index (χ2n) is 5.56. The molecule has 1 heterocycles. The Hall–Kier alpha value is -2.44. The Labute approximate surface area is 163 Å². The summed E-state index contributed by atoms with van der Waals surface area (Å²) in [6, 6.07) is 16.6. The van der Waals surface area contributed by atoms with Crippen LogP contribution in [0.5, 0.6) is 0 Å². The fourth-order valence-corrected chi connectivity index (χ4v) is 3.98. The minimum Gasteiger partial charge on any atom is -0.465 e. The molecule has 0 fully saturated rings. The number of hydrogen-bond acceptors (Lipinski definition) is 4. The number of thiophene rings is 1. The fraction of sp³-hybridized carbons (Fsp3) is 0.100. The van der Waals surface area contributed by atoms with Crippen molar-refractivity contribution in [2.45, 2.75) is 6.92 Å². The summed E-state index contributed by atoms with van der Waals surface area (Å²) >= 11 is 4.71. The summed E-state index contributed by atoms with van der Waals surface area (Å²) in [6.07, 6.45) is 0. The van der Waals surface area contributed by atoms with Crippen LogP contribution in [0.3, 0.4) is 0 Å². The lowest BCUT2D eigenvalue weighted by Gasteiger charge is -2.08. The molecule has 0 radical (unpaired) electrons. The third-order valence-electron chi connectivity index (χ3n) is 3.87. The van der Waals surface area contributed by atoms with Gasteiger partial charge in [-0.3, -0.25) is 4.79 Å². The number of methoxy groups -OCH3 is 1. The molecule has 1 aromatic heterocycles. The Balaban J connectivity index is 2.03. The molecule has 132 valence electrons. The van der Waals surface area contributed by atoms with E-state index in [-0.39, 0.29) is 5.91 Å². The van der Waals surface area contributed by atoms with Crippen molar-refractivity contribution < 1.29 is 14.3 Å². The number of rotatable bonds is 4. The van der Waals surface area contributed by atoms with Gasteiger partial charge in [0, 0.05) is 20.5 Å². The van der Waals surface area contributed by atoms with Crippen molar-refractivity contribution in [1.82, 2.24) is 0 Å². The largest absolute Gasteiger partial charge is 0.465 e. The van der Waals surface area contributed by atoms with Crippen molar-refractivity contribution >= 4 is 44.1 Å². The van der Waals surface area contributed by atoms with Crippen LogP contribution in [0.25, 0.3) is 11.1 Å². The van der Waals surface area contributed by atoms with Crippen LogP contribution in [0, 0.1) is 6.92 Å². The Morgan fingerprint density at radius 3 is 2.31 bits per heavy atom. The van der Waals surface area contributed by atoms with Gasteiger partial charge in [-0.05, 0) is 36.8 Å². The lowest BCUT2D eigenvalue weighted by Crippen LogP contribution is -2.14. The number of nitrogens with one attached hydrogen (secondary N) is 1. The van der Waals surface area contributed by atoms with Crippen molar-refractivity contribution in [2.75, 3.05) is 12.4 Å². The van der Waals surface area contributed by atoms with Gasteiger partial charge >= 0.3 is 5.97 Å². The minimum atomic E-state index is -0.473. The Morgan fingerprint density at radius 2 is 1.69 bits per heavy atom. The lowest BCUT2D eigenvalue weighted by atomic mass is 10.0. The number of benzene rings is 2. The first-order chi connectivity index (χ1) is 12.5. The molecule has 0 saturated carbocycles. The molecule has 1 N–H and O–H groups in total. The Kier molecular flexibility index (Phi) is 5.54. The molecule has 0 aliphatic heterocycles. The third-order valence-corrected chi connectivity index (χ3v) is 5.42. The van der Waals surface area contributed by atoms with Crippen LogP contribution in [0.4, 0.5) is 5.00 Å². The molecule has 3 aromatic rings. The Morgan fingerprint density at radius 1 is 1.04 bits per heavy atom. The molecule has 0 spiro atoms. The number of anilines is 1. The second-order valence-corrected chi connectivity index (χ2v) is 7.70. The highest BCUT2D eigenvalue weighted by molar-refractivity contribution is 9.10. The van der Waals surface area contributed by atoms with Gasteiger partial charge in [0.25, 0.3) is 5.91 Å². The van der Waals surface area contributed by atoms with E-state index >= 15 is 0 Å². The molecule has 0 aliphatic rings. The SMILES string of the molecule is COC(=O)c1c(NC(=O)c2ccc(Br)cc2)sc(C)c1-c1ccccc1. The fourth-order valence-electron chi connectivity index (χ4n) is 2.66. The topological polar surface area (TPSA) is 55.4 Å². The predicted molar refractivity (Wildman–Crippen MR) is 108 cm³/mol. The number of carbonyl (C=O) groups is 2. The van der Waals surface area contributed by atoms with Crippen LogP contribution < -0.4 is 5.32 Å². The summed E-state index contributed by atoms with van der Waals surface area (Å²) in [4.78, 5) is 25.9. The predicted octanol–water partition coefficient (Wildman–Crippen LogP) is 5.52. The van der Waals surface area contributed by atoms with Gasteiger partial charge in [-0.1, -0.05) is 46.3 Å². The van der Waals surface area contributed by atoms with E-state index in [0.717, 1.165) is 20.5 Å².